The SMILES string of the molecule is CC[C@H](C)[C@H](N)C(=O)N[C@@H](CCC(=O)O)C(=O)N[C@@H](Cc1c[nH]c2ccccc12)C(=O)N[C@@H](CC(C)C)C(=O)N[C@@H](CCCCN)C(=O)N[C@@H](CC(N)=O)C(=O)NCC(=O)NCC(=O)N1CCC[C@H]1C(=O)N[C@@H](CO)C(=O)N[C@@H](CO)C(=O)NCC(=O)N[C@@H](C)C(=O)N1CCC[C@H]1C(=O)N1CCC[C@H]1C(=O)N1CCC[C@H]1C(=O)N[C@@H](CO)C(N)=O. The van der Waals surface area contributed by atoms with Crippen LogP contribution in [0.3, 0.4) is 0 Å². The smallest absolute Gasteiger partial charge is 0.303 e. The maximum absolute atomic E-state index is 14.7. The number of para-hydroxylation sites is 1. The zero-order valence-electron chi connectivity index (χ0n) is 68.1. The number of nitrogens with one attached hydrogen (secondary N) is 13. The normalized spacial score (nSPS) is 19.1. The number of aliphatic hydroxyl groups is 3. The first-order valence-corrected chi connectivity index (χ1v) is 40.4. The van der Waals surface area contributed by atoms with Gasteiger partial charge in [-0.1, -0.05) is 52.3 Å². The summed E-state index contributed by atoms with van der Waals surface area (Å²) >= 11 is 0. The Bertz CT molecular complexity index is 4030. The van der Waals surface area contributed by atoms with Gasteiger partial charge in [-0.25, -0.2) is 0 Å². The van der Waals surface area contributed by atoms with Gasteiger partial charge in [0, 0.05) is 56.1 Å². The zero-order valence-corrected chi connectivity index (χ0v) is 68.1. The van der Waals surface area contributed by atoms with Gasteiger partial charge in [-0.2, -0.15) is 0 Å². The third-order valence-corrected chi connectivity index (χ3v) is 21.4. The van der Waals surface area contributed by atoms with Crippen LogP contribution in [0.15, 0.2) is 30.5 Å². The molecule has 44 heteroatoms. The molecular weight excluding hydrogens is 1570 g/mol. The molecule has 15 atom stereocenters. The van der Waals surface area contributed by atoms with E-state index in [9.17, 15) is 112 Å². The summed E-state index contributed by atoms with van der Waals surface area (Å²) in [6.07, 6.45) is 2.87. The number of H-pyrrole nitrogens is 1. The Balaban J connectivity index is 0.990. The van der Waals surface area contributed by atoms with Crippen LogP contribution in [-0.2, 0) is 97.5 Å². The molecular formula is C76H117N21O23. The van der Waals surface area contributed by atoms with Crippen LogP contribution in [0.4, 0.5) is 0 Å². The molecule has 18 amide bonds. The van der Waals surface area contributed by atoms with Crippen molar-refractivity contribution in [2.75, 3.05) is 72.2 Å². The Labute approximate surface area is 691 Å². The van der Waals surface area contributed by atoms with E-state index < -0.39 is 249 Å². The molecule has 1 aromatic heterocycles. The number of likely N-dealkylation sites (tertiary alicyclic amines) is 4. The lowest BCUT2D eigenvalue weighted by molar-refractivity contribution is -0.151. The van der Waals surface area contributed by atoms with E-state index >= 15 is 0 Å². The van der Waals surface area contributed by atoms with E-state index in [-0.39, 0.29) is 109 Å². The highest BCUT2D eigenvalue weighted by Gasteiger charge is 2.47. The molecule has 0 unspecified atom stereocenters. The molecule has 1 aromatic carbocycles. The van der Waals surface area contributed by atoms with Crippen molar-refractivity contribution in [3.8, 4) is 0 Å². The van der Waals surface area contributed by atoms with Gasteiger partial charge >= 0.3 is 5.97 Å². The highest BCUT2D eigenvalue weighted by Crippen LogP contribution is 2.30. The first kappa shape index (κ1) is 97.3. The van der Waals surface area contributed by atoms with Crippen molar-refractivity contribution in [3.05, 3.63) is 36.0 Å². The Kier molecular flexibility index (Phi) is 38.4. The highest BCUT2D eigenvalue weighted by atomic mass is 16.4. The molecule has 0 bridgehead atoms. The zero-order chi connectivity index (χ0) is 88.8. The average molecular weight is 1690 g/mol. The van der Waals surface area contributed by atoms with Gasteiger partial charge in [0.1, 0.15) is 78.5 Å². The van der Waals surface area contributed by atoms with Gasteiger partial charge in [0.15, 0.2) is 0 Å². The number of aromatic amines is 1. The molecule has 4 aliphatic rings. The average Bonchev–Trinajstić information content (AvgIpc) is 1.61. The number of hydrogen-bond donors (Lipinski definition) is 21. The predicted molar refractivity (Wildman–Crippen MR) is 424 cm³/mol. The second-order valence-electron chi connectivity index (χ2n) is 30.7. The fourth-order valence-corrected chi connectivity index (χ4v) is 14.5. The Hall–Kier alpha value is -11.5. The number of benzene rings is 1. The summed E-state index contributed by atoms with van der Waals surface area (Å²) in [5, 5.41) is 69.0. The summed E-state index contributed by atoms with van der Waals surface area (Å²) in [5.74, 6) is -17.9. The van der Waals surface area contributed by atoms with Gasteiger partial charge in [0.2, 0.25) is 106 Å². The summed E-state index contributed by atoms with van der Waals surface area (Å²) in [5.41, 5.74) is 24.0. The number of unbranched alkanes of at least 4 members (excludes halogenated alkanes) is 1. The quantitative estimate of drug-likeness (QED) is 0.0274. The molecule has 4 saturated heterocycles. The van der Waals surface area contributed by atoms with Crippen LogP contribution in [0, 0.1) is 11.8 Å². The first-order valence-electron chi connectivity index (χ1n) is 40.4. The van der Waals surface area contributed by atoms with Crippen molar-refractivity contribution < 1.29 is 112 Å². The van der Waals surface area contributed by atoms with Gasteiger partial charge in [-0.15, -0.1) is 0 Å². The van der Waals surface area contributed by atoms with E-state index in [2.05, 4.69) is 68.8 Å². The molecule has 4 aliphatic heterocycles. The molecule has 0 spiro atoms. The molecule has 0 aliphatic carbocycles. The number of aliphatic carboxylic acids is 1. The van der Waals surface area contributed by atoms with Crippen LogP contribution in [-0.4, -0.2) is 314 Å². The summed E-state index contributed by atoms with van der Waals surface area (Å²) in [6.45, 7) is 3.64. The number of carboxylic acid groups (broad SMARTS) is 1. The summed E-state index contributed by atoms with van der Waals surface area (Å²) in [4.78, 5) is 264. The highest BCUT2D eigenvalue weighted by molar-refractivity contribution is 6.02. The molecule has 5 heterocycles. The van der Waals surface area contributed by atoms with Gasteiger partial charge in [0.25, 0.3) is 0 Å². The molecule has 44 nitrogen and oxygen atoms in total. The third-order valence-electron chi connectivity index (χ3n) is 21.4. The van der Waals surface area contributed by atoms with Gasteiger partial charge in [-0.05, 0) is 120 Å². The number of hydrogen-bond acceptors (Lipinski definition) is 24. The van der Waals surface area contributed by atoms with Crippen LogP contribution < -0.4 is 86.7 Å². The van der Waals surface area contributed by atoms with Crippen LogP contribution >= 0.6 is 0 Å². The summed E-state index contributed by atoms with van der Waals surface area (Å²) in [6, 6.07) is -12.1. The van der Waals surface area contributed by atoms with Crippen molar-refractivity contribution in [1.29, 1.82) is 0 Å². The van der Waals surface area contributed by atoms with E-state index in [1.165, 1.54) is 21.6 Å². The van der Waals surface area contributed by atoms with Crippen molar-refractivity contribution >= 4 is 123 Å². The Morgan fingerprint density at radius 2 is 0.967 bits per heavy atom. The molecule has 25 N–H and O–H groups in total. The molecule has 2 aromatic rings. The number of carboxylic acids is 1. The van der Waals surface area contributed by atoms with Crippen molar-refractivity contribution in [2.45, 2.75) is 228 Å². The monoisotopic (exact) mass is 1690 g/mol. The largest absolute Gasteiger partial charge is 0.481 e. The molecule has 4 fully saturated rings. The lowest BCUT2D eigenvalue weighted by Crippen LogP contribution is -2.60. The Morgan fingerprint density at radius 3 is 1.54 bits per heavy atom. The van der Waals surface area contributed by atoms with Crippen LogP contribution in [0.2, 0.25) is 0 Å². The molecule has 664 valence electrons. The summed E-state index contributed by atoms with van der Waals surface area (Å²) in [7, 11) is 0. The van der Waals surface area contributed by atoms with E-state index in [4.69, 9.17) is 22.9 Å². The number of amides is 18. The third kappa shape index (κ3) is 28.1. The maximum Gasteiger partial charge on any atom is 0.303 e. The number of fused-ring (bicyclic) bond motifs is 1. The second-order valence-corrected chi connectivity index (χ2v) is 30.7. The number of rotatable bonds is 47. The fourth-order valence-electron chi connectivity index (χ4n) is 14.5. The topological polar surface area (TPSA) is 682 Å². The molecule has 6 rings (SSSR count). The predicted octanol–water partition coefficient (Wildman–Crippen LogP) is -8.84. The minimum absolute atomic E-state index is 0.0293. The standard InChI is InChI=1S/C76H117N21O23/c1-6-40(4)62(79)73(117)87-46(22-23-61(105)106)67(111)89-48(30-42-32-81-44-16-8-7-15-43(42)44)69(113)88-47(29-39(2)3)68(112)86-45(17-9-10-24-77)66(110)90-49(31-57(78)101)64(108)83-33-58(102)82-35-60(104)94-25-11-18-53(94)71(115)93-52(38-100)70(114)92-51(37-99)65(109)84-34-59(103)85-41(5)74(118)96-27-13-20-55(96)76(120)97-28-14-21-56(97)75(119)95-26-12-19-54(95)72(116)91-50(36-98)63(80)107/h7-8,15-16,32,39-41,45-56,62,81,98-100H,6,9-14,17-31,33-38,77,79H2,1-5H3,(H2,78,101)(H2,80,107)(H,82,102)(H,83,108)(H,84,109)(H,85,103)(H,86,112)(H,87,117)(H,88,113)(H,89,111)(H,90,110)(H,91,116)(H,92,114)(H,93,115)(H,105,106)/t40-,41-,45-,46-,47-,48-,49-,50-,51-,52-,53-,54-,55-,56-,62-/m0/s1. The number of carbonyl (C=O) groups excluding carboxylic acids is 18. The van der Waals surface area contributed by atoms with Crippen LogP contribution in [0.25, 0.3) is 10.9 Å². The van der Waals surface area contributed by atoms with E-state index in [0.29, 0.717) is 48.6 Å². The summed E-state index contributed by atoms with van der Waals surface area (Å²) < 4.78 is 0. The van der Waals surface area contributed by atoms with Gasteiger partial charge < -0.3 is 132 Å². The van der Waals surface area contributed by atoms with Crippen LogP contribution in [0.5, 0.6) is 0 Å². The fraction of sp³-hybridized carbons (Fsp3) is 0.645. The minimum atomic E-state index is -1.79. The number of carbonyl (C=O) groups is 19. The van der Waals surface area contributed by atoms with Gasteiger partial charge in [-0.3, -0.25) is 91.1 Å². The van der Waals surface area contributed by atoms with E-state index in [1.54, 1.807) is 58.2 Å². The van der Waals surface area contributed by atoms with Crippen molar-refractivity contribution in [2.24, 2.45) is 34.8 Å². The van der Waals surface area contributed by atoms with Crippen molar-refractivity contribution in [3.63, 3.8) is 0 Å². The number of nitrogens with zero attached hydrogens (tertiary/aromatic N) is 4. The second kappa shape index (κ2) is 47.3. The van der Waals surface area contributed by atoms with Crippen LogP contribution in [0.1, 0.15) is 143 Å². The van der Waals surface area contributed by atoms with Gasteiger partial charge in [0.05, 0.1) is 51.9 Å². The molecule has 0 radical (unpaired) electrons. The Morgan fingerprint density at radius 1 is 0.500 bits per heavy atom. The number of nitrogens with two attached hydrogens (primary N) is 4. The van der Waals surface area contributed by atoms with Crippen molar-refractivity contribution in [1.82, 2.24) is 88.4 Å². The van der Waals surface area contributed by atoms with E-state index in [0.717, 1.165) is 4.90 Å². The number of aliphatic hydroxyl groups excluding tert-OH is 3. The number of primary amides is 2. The lowest BCUT2D eigenvalue weighted by atomic mass is 9.98. The van der Waals surface area contributed by atoms with E-state index in [1.807, 2.05) is 0 Å². The first-order chi connectivity index (χ1) is 57.0. The lowest BCUT2D eigenvalue weighted by Gasteiger charge is -2.34. The molecule has 120 heavy (non-hydrogen) atoms. The minimum Gasteiger partial charge on any atom is -0.481 e. The maximum atomic E-state index is 14.7. The number of aromatic nitrogens is 1. The molecule has 0 saturated carbocycles.